The smallest absolute Gasteiger partial charge is 0.188 e. The number of hydrogen-bond donors (Lipinski definition) is 2. The predicted octanol–water partition coefficient (Wildman–Crippen LogP) is 4.34. The Bertz CT molecular complexity index is 641. The van der Waals surface area contributed by atoms with Crippen molar-refractivity contribution in [2.24, 2.45) is 16.6 Å². The van der Waals surface area contributed by atoms with Gasteiger partial charge in [-0.25, -0.2) is 4.99 Å². The lowest BCUT2D eigenvalue weighted by atomic mass is 9.89. The van der Waals surface area contributed by atoms with E-state index in [0.29, 0.717) is 12.5 Å². The second-order valence-corrected chi connectivity index (χ2v) is 6.65. The molecule has 3 nitrogen and oxygen atoms in total. The molecule has 2 aromatic carbocycles. The zero-order chi connectivity index (χ0) is 16.6. The fourth-order valence-electron chi connectivity index (χ4n) is 3.31. The topological polar surface area (TPSA) is 50.4 Å². The van der Waals surface area contributed by atoms with Crippen LogP contribution in [0.15, 0.2) is 59.6 Å². The molecule has 1 aliphatic rings. The number of benzene rings is 2. The average molecular weight is 321 g/mol. The molecule has 1 aliphatic carbocycles. The maximum atomic E-state index is 6.00. The van der Waals surface area contributed by atoms with E-state index in [0.717, 1.165) is 12.5 Å². The van der Waals surface area contributed by atoms with Gasteiger partial charge in [0.1, 0.15) is 0 Å². The molecule has 0 heterocycles. The van der Waals surface area contributed by atoms with Gasteiger partial charge in [-0.3, -0.25) is 0 Å². The summed E-state index contributed by atoms with van der Waals surface area (Å²) in [5.74, 6) is 1.32. The summed E-state index contributed by atoms with van der Waals surface area (Å²) < 4.78 is 0. The van der Waals surface area contributed by atoms with E-state index >= 15 is 0 Å². The first-order valence-electron chi connectivity index (χ1n) is 8.99. The fraction of sp³-hybridized carbons (Fsp3) is 0.381. The molecule has 1 fully saturated rings. The Balaban J connectivity index is 1.50. The molecular weight excluding hydrogens is 294 g/mol. The van der Waals surface area contributed by atoms with Crippen LogP contribution in [-0.4, -0.2) is 12.5 Å². The highest BCUT2D eigenvalue weighted by atomic mass is 15.1. The van der Waals surface area contributed by atoms with Crippen molar-refractivity contribution in [1.82, 2.24) is 5.32 Å². The molecule has 0 saturated heterocycles. The zero-order valence-corrected chi connectivity index (χ0v) is 14.2. The monoisotopic (exact) mass is 321 g/mol. The van der Waals surface area contributed by atoms with Crippen molar-refractivity contribution >= 4 is 5.96 Å². The lowest BCUT2D eigenvalue weighted by Crippen LogP contribution is -2.36. The first kappa shape index (κ1) is 16.6. The van der Waals surface area contributed by atoms with Gasteiger partial charge in [0.15, 0.2) is 5.96 Å². The molecule has 1 saturated carbocycles. The molecule has 0 unspecified atom stereocenters. The molecule has 0 atom stereocenters. The first-order valence-corrected chi connectivity index (χ1v) is 8.99. The SMILES string of the molecule is NC(=NCc1ccc(-c2ccccc2)cc1)NCC1CCCCC1. The molecule has 24 heavy (non-hydrogen) atoms. The van der Waals surface area contributed by atoms with Crippen LogP contribution in [0, 0.1) is 5.92 Å². The summed E-state index contributed by atoms with van der Waals surface area (Å²) in [6.45, 7) is 1.58. The fourth-order valence-corrected chi connectivity index (χ4v) is 3.31. The summed E-state index contributed by atoms with van der Waals surface area (Å²) in [6.07, 6.45) is 6.75. The Labute approximate surface area is 145 Å². The number of hydrogen-bond acceptors (Lipinski definition) is 1. The molecule has 126 valence electrons. The van der Waals surface area contributed by atoms with E-state index in [1.807, 2.05) is 6.07 Å². The molecule has 2 aromatic rings. The van der Waals surface area contributed by atoms with Gasteiger partial charge >= 0.3 is 0 Å². The van der Waals surface area contributed by atoms with Crippen molar-refractivity contribution in [3.05, 3.63) is 60.2 Å². The van der Waals surface area contributed by atoms with Gasteiger partial charge in [0.2, 0.25) is 0 Å². The molecule has 3 N–H and O–H groups in total. The van der Waals surface area contributed by atoms with Gasteiger partial charge in [0.05, 0.1) is 6.54 Å². The van der Waals surface area contributed by atoms with Crippen LogP contribution in [0.1, 0.15) is 37.7 Å². The van der Waals surface area contributed by atoms with E-state index in [9.17, 15) is 0 Å². The number of nitrogens with one attached hydrogen (secondary N) is 1. The number of guanidine groups is 1. The van der Waals surface area contributed by atoms with Gasteiger partial charge in [0, 0.05) is 6.54 Å². The Hall–Kier alpha value is -2.29. The van der Waals surface area contributed by atoms with Crippen molar-refractivity contribution in [1.29, 1.82) is 0 Å². The molecule has 0 aliphatic heterocycles. The second-order valence-electron chi connectivity index (χ2n) is 6.65. The third-order valence-electron chi connectivity index (χ3n) is 4.79. The van der Waals surface area contributed by atoms with Crippen molar-refractivity contribution in [2.75, 3.05) is 6.54 Å². The van der Waals surface area contributed by atoms with Gasteiger partial charge in [-0.2, -0.15) is 0 Å². The van der Waals surface area contributed by atoms with Crippen molar-refractivity contribution in [3.8, 4) is 11.1 Å². The molecule has 0 radical (unpaired) electrons. The van der Waals surface area contributed by atoms with E-state index < -0.39 is 0 Å². The minimum atomic E-state index is 0.563. The Morgan fingerprint density at radius 2 is 1.58 bits per heavy atom. The van der Waals surface area contributed by atoms with E-state index in [1.165, 1.54) is 48.8 Å². The molecule has 0 bridgehead atoms. The Kier molecular flexibility index (Phi) is 5.89. The predicted molar refractivity (Wildman–Crippen MR) is 102 cm³/mol. The maximum absolute atomic E-state index is 6.00. The highest BCUT2D eigenvalue weighted by molar-refractivity contribution is 5.77. The third-order valence-corrected chi connectivity index (χ3v) is 4.79. The van der Waals surface area contributed by atoms with Gasteiger partial charge in [-0.1, -0.05) is 73.9 Å². The van der Waals surface area contributed by atoms with Crippen molar-refractivity contribution in [2.45, 2.75) is 38.6 Å². The van der Waals surface area contributed by atoms with Crippen LogP contribution in [0.25, 0.3) is 11.1 Å². The average Bonchev–Trinajstić information content (AvgIpc) is 2.67. The number of nitrogens with zero attached hydrogens (tertiary/aromatic N) is 1. The van der Waals surface area contributed by atoms with E-state index in [2.05, 4.69) is 58.8 Å². The number of rotatable bonds is 5. The summed E-state index contributed by atoms with van der Waals surface area (Å²) in [6, 6.07) is 19.0. The quantitative estimate of drug-likeness (QED) is 0.636. The number of aliphatic imine (C=N–C) groups is 1. The summed E-state index contributed by atoms with van der Waals surface area (Å²) in [4.78, 5) is 4.46. The van der Waals surface area contributed by atoms with Crippen molar-refractivity contribution in [3.63, 3.8) is 0 Å². The largest absolute Gasteiger partial charge is 0.370 e. The second kappa shape index (κ2) is 8.53. The van der Waals surface area contributed by atoms with E-state index in [4.69, 9.17) is 5.73 Å². The third kappa shape index (κ3) is 4.85. The van der Waals surface area contributed by atoms with Crippen LogP contribution >= 0.6 is 0 Å². The minimum Gasteiger partial charge on any atom is -0.370 e. The number of nitrogens with two attached hydrogens (primary N) is 1. The molecule has 3 heteroatoms. The van der Waals surface area contributed by atoms with Gasteiger partial charge in [-0.15, -0.1) is 0 Å². The summed E-state index contributed by atoms with van der Waals surface area (Å²) in [5, 5.41) is 3.29. The van der Waals surface area contributed by atoms with Crippen LogP contribution < -0.4 is 11.1 Å². The van der Waals surface area contributed by atoms with Gasteiger partial charge in [-0.05, 0) is 35.4 Å². The van der Waals surface area contributed by atoms with Crippen LogP contribution in [-0.2, 0) is 6.54 Å². The lowest BCUT2D eigenvalue weighted by molar-refractivity contribution is 0.356. The van der Waals surface area contributed by atoms with E-state index in [-0.39, 0.29) is 0 Å². The van der Waals surface area contributed by atoms with Crippen LogP contribution in [0.2, 0.25) is 0 Å². The first-order chi connectivity index (χ1) is 11.8. The standard InChI is InChI=1S/C21H27N3/c22-21(23-15-17-7-3-1-4-8-17)24-16-18-11-13-20(14-12-18)19-9-5-2-6-10-19/h2,5-6,9-14,17H,1,3-4,7-8,15-16H2,(H3,22,23,24). The van der Waals surface area contributed by atoms with Crippen LogP contribution in [0.4, 0.5) is 0 Å². The highest BCUT2D eigenvalue weighted by Gasteiger charge is 2.12. The summed E-state index contributed by atoms with van der Waals surface area (Å²) >= 11 is 0. The lowest BCUT2D eigenvalue weighted by Gasteiger charge is -2.21. The maximum Gasteiger partial charge on any atom is 0.188 e. The normalized spacial score (nSPS) is 16.1. The zero-order valence-electron chi connectivity index (χ0n) is 14.2. The molecular formula is C21H27N3. The molecule has 0 amide bonds. The van der Waals surface area contributed by atoms with Gasteiger partial charge < -0.3 is 11.1 Å². The van der Waals surface area contributed by atoms with Crippen LogP contribution in [0.3, 0.4) is 0 Å². The Morgan fingerprint density at radius 1 is 0.917 bits per heavy atom. The summed E-state index contributed by atoms with van der Waals surface area (Å²) in [7, 11) is 0. The molecule has 3 rings (SSSR count). The Morgan fingerprint density at radius 3 is 2.29 bits per heavy atom. The molecule has 0 spiro atoms. The minimum absolute atomic E-state index is 0.563. The molecule has 0 aromatic heterocycles. The van der Waals surface area contributed by atoms with E-state index in [1.54, 1.807) is 0 Å². The van der Waals surface area contributed by atoms with Crippen molar-refractivity contribution < 1.29 is 0 Å². The summed E-state index contributed by atoms with van der Waals surface area (Å²) in [5.41, 5.74) is 9.64. The highest BCUT2D eigenvalue weighted by Crippen LogP contribution is 2.22. The van der Waals surface area contributed by atoms with Gasteiger partial charge in [0.25, 0.3) is 0 Å². The van der Waals surface area contributed by atoms with Crippen LogP contribution in [0.5, 0.6) is 0 Å².